The molecule has 1 saturated heterocycles. The molecule has 146 heavy (non-hydrogen) atoms. The first-order valence-electron chi connectivity index (χ1n) is 46.9. The third-order valence-corrected chi connectivity index (χ3v) is 25.2. The largest absolute Gasteiger partial charge is 0.494 e. The van der Waals surface area contributed by atoms with Gasteiger partial charge in [0.25, 0.3) is 57.0 Å². The Morgan fingerprint density at radius 1 is 0.473 bits per heavy atom. The lowest BCUT2D eigenvalue weighted by Gasteiger charge is -2.27. The van der Waals surface area contributed by atoms with E-state index in [2.05, 4.69) is 70.9 Å². The molecular formula is C106H104N20O20. The topological polar surface area (TPSA) is 584 Å². The number of nitrogens with one attached hydrogen (secondary N) is 9. The first kappa shape index (κ1) is 103. The van der Waals surface area contributed by atoms with Gasteiger partial charge in [0.15, 0.2) is 40.7 Å². The van der Waals surface area contributed by atoms with Gasteiger partial charge in [-0.05, 0) is 204 Å². The number of carbonyl (C=O) groups excluding carboxylic acids is 6. The number of hydrogen-bond acceptors (Lipinski definition) is 28. The molecule has 9 aromatic carbocycles. The lowest BCUT2D eigenvalue weighted by Crippen LogP contribution is -2.37. The van der Waals surface area contributed by atoms with Gasteiger partial charge in [0.1, 0.15) is 36.3 Å². The monoisotopic (exact) mass is 1980 g/mol. The average molecular weight is 1980 g/mol. The van der Waals surface area contributed by atoms with Crippen LogP contribution in [-0.4, -0.2) is 173 Å². The minimum Gasteiger partial charge on any atom is -0.494 e. The fourth-order valence-corrected chi connectivity index (χ4v) is 17.2. The molecule has 2 aliphatic rings. The number of aromatic nitrogens is 15. The molecule has 748 valence electrons. The fourth-order valence-electron chi connectivity index (χ4n) is 17.2. The van der Waals surface area contributed by atoms with Crippen molar-refractivity contribution in [2.75, 3.05) is 37.8 Å². The molecule has 0 atom stereocenters. The lowest BCUT2D eigenvalue weighted by atomic mass is 9.87. The molecule has 1 aliphatic carbocycles. The highest BCUT2D eigenvalue weighted by molar-refractivity contribution is 6.03. The number of rotatable bonds is 22. The van der Waals surface area contributed by atoms with Gasteiger partial charge in [0.05, 0.1) is 84.0 Å². The van der Waals surface area contributed by atoms with E-state index in [1.165, 1.54) is 135 Å². The van der Waals surface area contributed by atoms with Gasteiger partial charge in [-0.25, -0.2) is 51.8 Å². The van der Waals surface area contributed by atoms with Crippen molar-refractivity contribution in [1.82, 2.24) is 95.7 Å². The number of aromatic amines is 5. The predicted octanol–water partition coefficient (Wildman–Crippen LogP) is 12.7. The molecule has 18 aromatic rings. The third-order valence-electron chi connectivity index (χ3n) is 25.2. The van der Waals surface area contributed by atoms with Gasteiger partial charge in [0, 0.05) is 108 Å². The SMILES string of the molecule is CC(C)(CCOc1ccccc1)n1cnc2ccc(C(=O)NO)cc2c1=O.CCn1nccc1-c1nc2cc(C(=O)NO)ccc2c(=O)[nH]1.Cc1ccc(Cc2nc3cc(C(=O)NO)ccc3c(=O)[nH]2)c(C)c1.Cn1c(-c2nc3cc(C(=O)NO)ccc3c(=O)[nH]2)cc2ccccc21.O=C(CO)c1ccc2c(=O)[nH]c(-c3ccc(N4CCCCC4)o3)nc2c1.O=C(CO)c1ccc2c(=O)[nH]c(CC3CCCCC3)nc2c1. The van der Waals surface area contributed by atoms with E-state index in [0.717, 1.165) is 71.7 Å². The van der Waals surface area contributed by atoms with Crippen molar-refractivity contribution in [2.24, 2.45) is 13.0 Å². The van der Waals surface area contributed by atoms with Gasteiger partial charge in [-0.1, -0.05) is 104 Å². The van der Waals surface area contributed by atoms with Crippen LogP contribution in [0.3, 0.4) is 0 Å². The summed E-state index contributed by atoms with van der Waals surface area (Å²) in [6, 6.07) is 58.0. The molecule has 0 radical (unpaired) electrons. The number of ether oxygens (including phenoxy) is 1. The number of fused-ring (bicyclic) bond motifs is 7. The van der Waals surface area contributed by atoms with Crippen LogP contribution in [0.25, 0.3) is 111 Å². The number of hydrogen-bond donors (Lipinski definition) is 15. The van der Waals surface area contributed by atoms with Crippen LogP contribution in [0.15, 0.2) is 252 Å². The number of H-pyrrole nitrogens is 5. The van der Waals surface area contributed by atoms with Crippen molar-refractivity contribution in [1.29, 1.82) is 0 Å². The Hall–Kier alpha value is -17.6. The quantitative estimate of drug-likeness (QED) is 0.0170. The molecule has 10 heterocycles. The molecule has 0 unspecified atom stereocenters. The first-order valence-corrected chi connectivity index (χ1v) is 46.9. The van der Waals surface area contributed by atoms with Crippen LogP contribution in [-0.2, 0) is 32.0 Å². The number of hydroxylamine groups is 4. The van der Waals surface area contributed by atoms with E-state index in [1.807, 2.05) is 125 Å². The number of ketones is 2. The van der Waals surface area contributed by atoms with Crippen molar-refractivity contribution in [2.45, 2.75) is 117 Å². The molecule has 40 nitrogen and oxygen atoms in total. The summed E-state index contributed by atoms with van der Waals surface area (Å²) in [5, 5.41) is 60.4. The Bertz CT molecular complexity index is 8350. The summed E-state index contributed by atoms with van der Waals surface area (Å²) in [4.78, 5) is 186. The zero-order valence-electron chi connectivity index (χ0n) is 80.2. The maximum absolute atomic E-state index is 13.0. The van der Waals surface area contributed by atoms with Crippen molar-refractivity contribution < 1.29 is 69.0 Å². The van der Waals surface area contributed by atoms with Gasteiger partial charge in [-0.3, -0.25) is 87.6 Å². The van der Waals surface area contributed by atoms with Crippen LogP contribution >= 0.6 is 0 Å². The van der Waals surface area contributed by atoms with E-state index in [1.54, 1.807) is 73.8 Å². The number of anilines is 1. The minimum absolute atomic E-state index is 0.168. The predicted molar refractivity (Wildman–Crippen MR) is 545 cm³/mol. The highest BCUT2D eigenvalue weighted by Gasteiger charge is 2.26. The number of piperidine rings is 1. The summed E-state index contributed by atoms with van der Waals surface area (Å²) in [6.07, 6.45) is 14.7. The van der Waals surface area contributed by atoms with Crippen LogP contribution in [0.5, 0.6) is 5.75 Å². The summed E-state index contributed by atoms with van der Waals surface area (Å²) in [6.45, 7) is 11.7. The second kappa shape index (κ2) is 46.4. The molecule has 9 aromatic heterocycles. The normalized spacial score (nSPS) is 12.5. The number of aliphatic hydroxyl groups excluding tert-OH is 2. The van der Waals surface area contributed by atoms with Crippen LogP contribution in [0.2, 0.25) is 0 Å². The Kier molecular flexibility index (Phi) is 32.7. The molecule has 4 amide bonds. The number of nitrogens with zero attached hydrogens (tertiary/aromatic N) is 11. The average Bonchev–Trinajstić information content (AvgIpc) is 1.64. The Morgan fingerprint density at radius 2 is 0.945 bits per heavy atom. The molecular weight excluding hydrogens is 1870 g/mol. The second-order valence-electron chi connectivity index (χ2n) is 35.4. The number of aryl methyl sites for hydroxylation is 4. The zero-order valence-corrected chi connectivity index (χ0v) is 80.2. The molecule has 15 N–H and O–H groups in total. The number of carbonyl (C=O) groups is 6. The molecule has 20 rings (SSSR count). The zero-order chi connectivity index (χ0) is 104. The second-order valence-corrected chi connectivity index (χ2v) is 35.4. The van der Waals surface area contributed by atoms with Crippen molar-refractivity contribution >= 4 is 117 Å². The van der Waals surface area contributed by atoms with E-state index in [-0.39, 0.29) is 61.4 Å². The van der Waals surface area contributed by atoms with E-state index >= 15 is 0 Å². The lowest BCUT2D eigenvalue weighted by molar-refractivity contribution is 0.0702. The maximum Gasteiger partial charge on any atom is 0.274 e. The van der Waals surface area contributed by atoms with E-state index in [0.29, 0.717) is 149 Å². The number of furan rings is 1. The smallest absolute Gasteiger partial charge is 0.274 e. The van der Waals surface area contributed by atoms with Gasteiger partial charge in [0.2, 0.25) is 0 Å². The van der Waals surface area contributed by atoms with Crippen LogP contribution in [0.1, 0.15) is 169 Å². The molecule has 1 aliphatic heterocycles. The van der Waals surface area contributed by atoms with Gasteiger partial charge in [-0.2, -0.15) is 5.10 Å². The molecule has 0 bridgehead atoms. The number of para-hydroxylation sites is 2. The van der Waals surface area contributed by atoms with Crippen molar-refractivity contribution in [3.05, 3.63) is 343 Å². The van der Waals surface area contributed by atoms with Crippen molar-refractivity contribution in [3.8, 4) is 40.4 Å². The minimum atomic E-state index is -0.678. The van der Waals surface area contributed by atoms with Crippen LogP contribution in [0.4, 0.5) is 5.88 Å². The number of benzene rings is 9. The fraction of sp³-hybridized carbons (Fsp3) is 0.236. The van der Waals surface area contributed by atoms with E-state index in [4.69, 9.17) is 40.2 Å². The van der Waals surface area contributed by atoms with Crippen LogP contribution in [0, 0.1) is 19.8 Å². The number of Topliss-reactive ketones (excluding diaryl/α,β-unsaturated/α-hetero) is 2. The summed E-state index contributed by atoms with van der Waals surface area (Å²) in [5.41, 5.74) is 14.1. The summed E-state index contributed by atoms with van der Waals surface area (Å²) < 4.78 is 16.8. The summed E-state index contributed by atoms with van der Waals surface area (Å²) >= 11 is 0. The molecule has 40 heteroatoms. The van der Waals surface area contributed by atoms with Crippen molar-refractivity contribution in [3.63, 3.8) is 0 Å². The third kappa shape index (κ3) is 24.1. The van der Waals surface area contributed by atoms with Gasteiger partial charge < -0.3 is 53.8 Å². The molecule has 1 saturated carbocycles. The highest BCUT2D eigenvalue weighted by Crippen LogP contribution is 2.32. The molecule has 2 fully saturated rings. The number of aliphatic hydroxyl groups is 2. The van der Waals surface area contributed by atoms with Gasteiger partial charge in [-0.15, -0.1) is 0 Å². The Morgan fingerprint density at radius 3 is 1.48 bits per heavy atom. The summed E-state index contributed by atoms with van der Waals surface area (Å²) in [5.74, 6) is 1.51. The molecule has 0 spiro atoms. The first-order chi connectivity index (χ1) is 70.4. The Balaban J connectivity index is 0.000000132. The Labute approximate surface area is 828 Å². The maximum atomic E-state index is 13.0. The highest BCUT2D eigenvalue weighted by atomic mass is 16.5. The van der Waals surface area contributed by atoms with E-state index < -0.39 is 48.2 Å². The van der Waals surface area contributed by atoms with Gasteiger partial charge >= 0.3 is 0 Å². The summed E-state index contributed by atoms with van der Waals surface area (Å²) in [7, 11) is 1.90. The van der Waals surface area contributed by atoms with Crippen LogP contribution < -0.4 is 64.9 Å². The standard InChI is InChI=1S/C20H21N3O4.C19H19N3O4.C18H14N4O3.C18H17N3O3.C17H20N2O3.C14H13N5O3/c1-20(2,10-11-27-15-6-4-3-5-7-15)23-13-21-17-9-8-14(18(24)22-26)12-16(17)19(23)25;23-11-15(24)12-4-5-13-14(10-12)20-18(21-19(13)25)16-6-7-17(26-16)22-8-2-1-3-9-22;1-22-14-5-3-2-4-10(14)9-15(22)16-19-13-8-11(17(23)21-25)6-7-12(13)18(24)20-16;1-10-3-4-12(11(2)7-10)9-16-19-15-8-13(17(22)21-24)5-6-14(15)18(23)20-16;20-10-15(21)12-6-7-13-14(9-12)18-16(19-17(13)22)8-11-4-2-1-3-5-11;1-2-19-11(5-6-15-19)12-16-10-7-8(13(20)18-22)3-4-9(10)14(21)17-12/h3-9,12-13,26H,10-11H2,1-2H3,(H,22,24);4-7,10,23H,1-3,8-9,11H2,(H,20,21,25);2-9,25H,1H3,(H,21,23)(H,19,20,24);3-8,24H,9H2,1-2H3,(H,21,22)(H,19,20,23);6-7,9,11,20H,1-5,8,10H2,(H,18,19,22);3-7,22H,2H2,1H3,(H,18,20)(H,16,17,21). The van der Waals surface area contributed by atoms with E-state index in [9.17, 15) is 57.5 Å². The number of amides is 4.